The quantitative estimate of drug-likeness (QED) is 0.377. The Morgan fingerprint density at radius 3 is 2.39 bits per heavy atom. The van der Waals surface area contributed by atoms with Gasteiger partial charge in [0.05, 0.1) is 5.56 Å². The number of fused-ring (bicyclic) bond motifs is 2. The molecule has 2 saturated heterocycles. The molecule has 3 nitrogen and oxygen atoms in total. The number of nitrogens with one attached hydrogen (secondary N) is 1. The SMILES string of the molecule is CCCN1CCC(Nc2cc(C(F)(F)F)cc3c2Cc2ccc(N4CC(C)CC(C)C4)cc2S3)CC1. The third-order valence-corrected chi connectivity index (χ3v) is 9.08. The van der Waals surface area contributed by atoms with Crippen LogP contribution in [0.1, 0.15) is 63.1 Å². The summed E-state index contributed by atoms with van der Waals surface area (Å²) in [5.41, 5.74) is 3.50. The Morgan fingerprint density at radius 2 is 1.72 bits per heavy atom. The van der Waals surface area contributed by atoms with Gasteiger partial charge in [-0.2, -0.15) is 13.2 Å². The number of rotatable bonds is 5. The zero-order valence-corrected chi connectivity index (χ0v) is 22.4. The molecule has 2 unspecified atom stereocenters. The molecule has 0 spiro atoms. The van der Waals surface area contributed by atoms with Gasteiger partial charge in [-0.25, -0.2) is 0 Å². The lowest BCUT2D eigenvalue weighted by Crippen LogP contribution is -2.39. The molecule has 1 N–H and O–H groups in total. The third kappa shape index (κ3) is 5.67. The highest BCUT2D eigenvalue weighted by Crippen LogP contribution is 2.47. The molecule has 196 valence electrons. The summed E-state index contributed by atoms with van der Waals surface area (Å²) in [5, 5.41) is 3.54. The highest BCUT2D eigenvalue weighted by Gasteiger charge is 2.34. The standard InChI is InChI=1S/C29H38F3N3S/c1-4-9-34-10-7-23(8-11-34)33-26-14-22(29(30,31)32)15-28-25(26)13-21-5-6-24(16-27(21)36-28)35-17-19(2)12-20(3)18-35/h5-6,14-16,19-20,23,33H,4,7-13,17-18H2,1-3H3. The van der Waals surface area contributed by atoms with Crippen LogP contribution in [-0.2, 0) is 12.6 Å². The van der Waals surface area contributed by atoms with Crippen LogP contribution >= 0.6 is 11.8 Å². The molecule has 0 saturated carbocycles. The molecule has 2 fully saturated rings. The first-order chi connectivity index (χ1) is 17.2. The molecule has 0 aromatic heterocycles. The topological polar surface area (TPSA) is 18.5 Å². The van der Waals surface area contributed by atoms with Crippen molar-refractivity contribution in [3.63, 3.8) is 0 Å². The Labute approximate surface area is 217 Å². The zero-order valence-electron chi connectivity index (χ0n) is 21.6. The van der Waals surface area contributed by atoms with Gasteiger partial charge < -0.3 is 15.1 Å². The Hall–Kier alpha value is -1.86. The number of halogens is 3. The minimum absolute atomic E-state index is 0.211. The maximum Gasteiger partial charge on any atom is 0.416 e. The monoisotopic (exact) mass is 517 g/mol. The summed E-state index contributed by atoms with van der Waals surface area (Å²) in [4.78, 5) is 6.72. The van der Waals surface area contributed by atoms with Gasteiger partial charge in [-0.05, 0) is 79.5 Å². The third-order valence-electron chi connectivity index (χ3n) is 7.90. The van der Waals surface area contributed by atoms with E-state index in [1.54, 1.807) is 0 Å². The average Bonchev–Trinajstić information content (AvgIpc) is 2.82. The van der Waals surface area contributed by atoms with Crippen LogP contribution < -0.4 is 10.2 Å². The molecule has 2 aromatic rings. The second-order valence-corrected chi connectivity index (χ2v) is 12.3. The second-order valence-electron chi connectivity index (χ2n) is 11.2. The van der Waals surface area contributed by atoms with Crippen molar-refractivity contribution < 1.29 is 13.2 Å². The number of nitrogens with zero attached hydrogens (tertiary/aromatic N) is 2. The van der Waals surface area contributed by atoms with E-state index in [0.717, 1.165) is 67.3 Å². The van der Waals surface area contributed by atoms with Gasteiger partial charge in [-0.3, -0.25) is 0 Å². The van der Waals surface area contributed by atoms with Gasteiger partial charge in [0.2, 0.25) is 0 Å². The molecule has 3 aliphatic rings. The summed E-state index contributed by atoms with van der Waals surface area (Å²) in [7, 11) is 0. The smallest absolute Gasteiger partial charge is 0.382 e. The number of piperidine rings is 2. The molecule has 3 aliphatic heterocycles. The number of hydrogen-bond donors (Lipinski definition) is 1. The Bertz CT molecular complexity index is 1070. The van der Waals surface area contributed by atoms with E-state index in [4.69, 9.17) is 0 Å². The first kappa shape index (κ1) is 25.8. The van der Waals surface area contributed by atoms with Crippen molar-refractivity contribution in [1.82, 2.24) is 4.90 Å². The summed E-state index contributed by atoms with van der Waals surface area (Å²) in [6.45, 7) is 11.9. The van der Waals surface area contributed by atoms with Crippen molar-refractivity contribution in [1.29, 1.82) is 0 Å². The first-order valence-electron chi connectivity index (χ1n) is 13.5. The molecular weight excluding hydrogens is 479 g/mol. The van der Waals surface area contributed by atoms with Gasteiger partial charge >= 0.3 is 6.18 Å². The Morgan fingerprint density at radius 1 is 1.00 bits per heavy atom. The maximum absolute atomic E-state index is 13.9. The van der Waals surface area contributed by atoms with Crippen LogP contribution in [0.15, 0.2) is 40.1 Å². The predicted molar refractivity (Wildman–Crippen MR) is 143 cm³/mol. The fourth-order valence-electron chi connectivity index (χ4n) is 6.21. The lowest BCUT2D eigenvalue weighted by Gasteiger charge is -2.37. The summed E-state index contributed by atoms with van der Waals surface area (Å²) in [6, 6.07) is 9.50. The van der Waals surface area contributed by atoms with Crippen molar-refractivity contribution in [2.45, 2.75) is 74.9 Å². The van der Waals surface area contributed by atoms with Gasteiger partial charge in [-0.1, -0.05) is 38.6 Å². The van der Waals surface area contributed by atoms with E-state index < -0.39 is 11.7 Å². The Balaban J connectivity index is 1.40. The number of likely N-dealkylation sites (tertiary alicyclic amines) is 1. The Kier molecular flexibility index (Phi) is 7.51. The van der Waals surface area contributed by atoms with Crippen LogP contribution in [-0.4, -0.2) is 43.7 Å². The molecular formula is C29H38F3N3S. The summed E-state index contributed by atoms with van der Waals surface area (Å²) >= 11 is 1.50. The van der Waals surface area contributed by atoms with Crippen LogP contribution in [0.4, 0.5) is 24.5 Å². The molecule has 0 amide bonds. The van der Waals surface area contributed by atoms with Crippen molar-refractivity contribution in [2.75, 3.05) is 42.9 Å². The molecule has 5 rings (SSSR count). The highest BCUT2D eigenvalue weighted by atomic mass is 32.2. The molecule has 2 atom stereocenters. The second kappa shape index (κ2) is 10.5. The lowest BCUT2D eigenvalue weighted by atomic mass is 9.91. The molecule has 0 radical (unpaired) electrons. The van der Waals surface area contributed by atoms with Crippen LogP contribution in [0.25, 0.3) is 0 Å². The molecule has 0 aliphatic carbocycles. The summed E-state index contributed by atoms with van der Waals surface area (Å²) < 4.78 is 41.6. The van der Waals surface area contributed by atoms with E-state index in [1.165, 1.54) is 41.6 Å². The van der Waals surface area contributed by atoms with E-state index in [9.17, 15) is 13.2 Å². The van der Waals surface area contributed by atoms with Gasteiger partial charge in [-0.15, -0.1) is 0 Å². The van der Waals surface area contributed by atoms with Gasteiger partial charge in [0, 0.05) is 59.8 Å². The van der Waals surface area contributed by atoms with Gasteiger partial charge in [0.15, 0.2) is 0 Å². The minimum atomic E-state index is -4.36. The largest absolute Gasteiger partial charge is 0.416 e. The van der Waals surface area contributed by atoms with E-state index in [0.29, 0.717) is 23.9 Å². The molecule has 36 heavy (non-hydrogen) atoms. The fraction of sp³-hybridized carbons (Fsp3) is 0.586. The normalized spacial score (nSPS) is 23.3. The highest BCUT2D eigenvalue weighted by molar-refractivity contribution is 7.99. The fourth-order valence-corrected chi connectivity index (χ4v) is 7.39. The maximum atomic E-state index is 13.9. The lowest BCUT2D eigenvalue weighted by molar-refractivity contribution is -0.137. The van der Waals surface area contributed by atoms with Crippen molar-refractivity contribution in [3.05, 3.63) is 47.0 Å². The van der Waals surface area contributed by atoms with Crippen LogP contribution in [0, 0.1) is 11.8 Å². The minimum Gasteiger partial charge on any atom is -0.382 e. The summed E-state index contributed by atoms with van der Waals surface area (Å²) in [5.74, 6) is 1.30. The van der Waals surface area contributed by atoms with Crippen LogP contribution in [0.3, 0.4) is 0 Å². The van der Waals surface area contributed by atoms with E-state index in [1.807, 2.05) is 0 Å². The predicted octanol–water partition coefficient (Wildman–Crippen LogP) is 7.53. The number of benzene rings is 2. The van der Waals surface area contributed by atoms with Crippen molar-refractivity contribution in [3.8, 4) is 0 Å². The van der Waals surface area contributed by atoms with Crippen molar-refractivity contribution in [2.24, 2.45) is 11.8 Å². The molecule has 0 bridgehead atoms. The number of alkyl halides is 3. The molecule has 2 aromatic carbocycles. The average molecular weight is 518 g/mol. The van der Waals surface area contributed by atoms with Gasteiger partial charge in [0.25, 0.3) is 0 Å². The number of hydrogen-bond acceptors (Lipinski definition) is 4. The first-order valence-corrected chi connectivity index (χ1v) is 14.3. The summed E-state index contributed by atoms with van der Waals surface area (Å²) in [6.07, 6.45) is 0.610. The van der Waals surface area contributed by atoms with Gasteiger partial charge in [0.1, 0.15) is 0 Å². The zero-order chi connectivity index (χ0) is 25.4. The van der Waals surface area contributed by atoms with Crippen LogP contribution in [0.5, 0.6) is 0 Å². The van der Waals surface area contributed by atoms with E-state index in [2.05, 4.69) is 54.1 Å². The molecule has 3 heterocycles. The van der Waals surface area contributed by atoms with Crippen molar-refractivity contribution >= 4 is 23.1 Å². The van der Waals surface area contributed by atoms with E-state index >= 15 is 0 Å². The van der Waals surface area contributed by atoms with E-state index in [-0.39, 0.29) is 6.04 Å². The van der Waals surface area contributed by atoms with Crippen LogP contribution in [0.2, 0.25) is 0 Å². The molecule has 7 heteroatoms. The number of anilines is 2.